The fraction of sp³-hybridized carbons (Fsp3) is 0.105. The van der Waals surface area contributed by atoms with Crippen molar-refractivity contribution in [1.29, 1.82) is 0 Å². The van der Waals surface area contributed by atoms with Crippen molar-refractivity contribution >= 4 is 46.1 Å². The SMILES string of the molecule is O=C1C(=O)c2ccccc2C(O)=C1c1ccc(OCCCC[P+](c2ccccc2)(c2ccccc2)c2ccccc2)cc1. The molecule has 1 N–H and O–H groups in total. The van der Waals surface area contributed by atoms with Crippen LogP contribution in [0, 0.1) is 0 Å². The molecule has 1 aliphatic carbocycles. The van der Waals surface area contributed by atoms with E-state index in [9.17, 15) is 14.7 Å². The van der Waals surface area contributed by atoms with Crippen molar-refractivity contribution in [3.63, 3.8) is 0 Å². The topological polar surface area (TPSA) is 63.6 Å². The van der Waals surface area contributed by atoms with E-state index >= 15 is 0 Å². The Morgan fingerprint density at radius 1 is 0.535 bits per heavy atom. The maximum absolute atomic E-state index is 12.8. The van der Waals surface area contributed by atoms with E-state index in [1.807, 2.05) is 0 Å². The first-order valence-corrected chi connectivity index (χ1v) is 16.5. The standard InChI is InChI=1S/C38H31O4P/c39-36-33-20-10-11-21-34(33)37(40)38(41)35(36)28-22-24-29(25-23-28)42-26-12-13-27-43(30-14-4-1-5-15-30,31-16-6-2-7-17-31)32-18-8-3-9-19-32/h1-11,14-25H,12-13,26-27H2/p+1. The molecule has 5 aromatic carbocycles. The smallest absolute Gasteiger partial charge is 0.237 e. The Hall–Kier alpha value is -4.79. The maximum Gasteiger partial charge on any atom is 0.237 e. The number of hydrogen-bond donors (Lipinski definition) is 1. The van der Waals surface area contributed by atoms with Gasteiger partial charge in [0.25, 0.3) is 0 Å². The number of ether oxygens (including phenoxy) is 1. The van der Waals surface area contributed by atoms with Crippen LogP contribution in [-0.4, -0.2) is 29.4 Å². The number of aliphatic hydroxyl groups is 1. The Balaban J connectivity index is 1.16. The third-order valence-electron chi connectivity index (χ3n) is 7.99. The summed E-state index contributed by atoms with van der Waals surface area (Å²) in [5.74, 6) is -0.805. The van der Waals surface area contributed by atoms with Crippen LogP contribution in [-0.2, 0) is 4.79 Å². The molecule has 6 rings (SSSR count). The zero-order valence-corrected chi connectivity index (χ0v) is 24.6. The van der Waals surface area contributed by atoms with Gasteiger partial charge in [0, 0.05) is 11.1 Å². The van der Waals surface area contributed by atoms with Crippen molar-refractivity contribution in [1.82, 2.24) is 0 Å². The largest absolute Gasteiger partial charge is 0.506 e. The molecule has 212 valence electrons. The van der Waals surface area contributed by atoms with Crippen molar-refractivity contribution in [3.05, 3.63) is 156 Å². The van der Waals surface area contributed by atoms with Gasteiger partial charge in [-0.25, -0.2) is 0 Å². The molecule has 5 aromatic rings. The summed E-state index contributed by atoms with van der Waals surface area (Å²) in [5.41, 5.74) is 1.12. The Morgan fingerprint density at radius 3 is 1.56 bits per heavy atom. The molecule has 0 atom stereocenters. The summed E-state index contributed by atoms with van der Waals surface area (Å²) >= 11 is 0. The minimum atomic E-state index is -1.87. The van der Waals surface area contributed by atoms with Crippen molar-refractivity contribution in [2.24, 2.45) is 0 Å². The fourth-order valence-corrected chi connectivity index (χ4v) is 10.3. The van der Waals surface area contributed by atoms with E-state index in [1.165, 1.54) is 15.9 Å². The van der Waals surface area contributed by atoms with Gasteiger partial charge >= 0.3 is 0 Å². The van der Waals surface area contributed by atoms with Gasteiger partial charge in [0.05, 0.1) is 18.3 Å². The van der Waals surface area contributed by atoms with Gasteiger partial charge in [-0.15, -0.1) is 0 Å². The highest BCUT2D eigenvalue weighted by atomic mass is 31.2. The molecule has 0 amide bonds. The van der Waals surface area contributed by atoms with Gasteiger partial charge in [0.15, 0.2) is 0 Å². The lowest BCUT2D eigenvalue weighted by Gasteiger charge is -2.27. The molecular weight excluding hydrogens is 551 g/mol. The first-order valence-electron chi connectivity index (χ1n) is 14.5. The van der Waals surface area contributed by atoms with Crippen molar-refractivity contribution in [2.45, 2.75) is 12.8 Å². The van der Waals surface area contributed by atoms with Crippen molar-refractivity contribution < 1.29 is 19.4 Å². The number of unbranched alkanes of at least 4 members (excludes halogenated alkanes) is 1. The molecule has 5 heteroatoms. The molecule has 0 fully saturated rings. The number of rotatable bonds is 10. The minimum Gasteiger partial charge on any atom is -0.506 e. The number of hydrogen-bond acceptors (Lipinski definition) is 4. The van der Waals surface area contributed by atoms with Gasteiger partial charge in [0.1, 0.15) is 34.7 Å². The molecule has 0 aliphatic heterocycles. The number of carbonyl (C=O) groups excluding carboxylic acids is 2. The predicted octanol–water partition coefficient (Wildman–Crippen LogP) is 7.03. The van der Waals surface area contributed by atoms with E-state index in [0.29, 0.717) is 23.5 Å². The molecule has 0 heterocycles. The maximum atomic E-state index is 12.8. The Morgan fingerprint density at radius 2 is 1.02 bits per heavy atom. The fourth-order valence-electron chi connectivity index (χ4n) is 5.87. The zero-order valence-electron chi connectivity index (χ0n) is 23.7. The summed E-state index contributed by atoms with van der Waals surface area (Å²) in [6.45, 7) is 0.552. The third-order valence-corrected chi connectivity index (χ3v) is 12.5. The summed E-state index contributed by atoms with van der Waals surface area (Å²) in [4.78, 5) is 25.5. The molecule has 1 aliphatic rings. The van der Waals surface area contributed by atoms with Crippen LogP contribution < -0.4 is 20.7 Å². The van der Waals surface area contributed by atoms with E-state index in [-0.39, 0.29) is 16.9 Å². The number of allylic oxidation sites excluding steroid dienone is 1. The average Bonchev–Trinajstić information content (AvgIpc) is 3.07. The van der Waals surface area contributed by atoms with Gasteiger partial charge in [-0.3, -0.25) is 9.59 Å². The van der Waals surface area contributed by atoms with Crippen LogP contribution in [0.3, 0.4) is 0 Å². The van der Waals surface area contributed by atoms with Gasteiger partial charge in [-0.1, -0.05) is 91.0 Å². The molecule has 0 unspecified atom stereocenters. The highest BCUT2D eigenvalue weighted by molar-refractivity contribution is 7.95. The van der Waals surface area contributed by atoms with E-state index in [2.05, 4.69) is 91.0 Å². The van der Waals surface area contributed by atoms with Crippen LogP contribution in [0.5, 0.6) is 5.75 Å². The van der Waals surface area contributed by atoms with Gasteiger partial charge < -0.3 is 9.84 Å². The zero-order chi connectivity index (χ0) is 29.6. The number of benzene rings is 5. The van der Waals surface area contributed by atoms with Crippen molar-refractivity contribution in [3.8, 4) is 5.75 Å². The van der Waals surface area contributed by atoms with E-state index in [1.54, 1.807) is 48.5 Å². The second-order valence-electron chi connectivity index (χ2n) is 10.5. The van der Waals surface area contributed by atoms with Crippen molar-refractivity contribution in [2.75, 3.05) is 12.8 Å². The molecule has 0 saturated heterocycles. The number of Topliss-reactive ketones (excluding diaryl/α,β-unsaturated/α-hetero) is 2. The minimum absolute atomic E-state index is 0.0262. The monoisotopic (exact) mass is 583 g/mol. The molecule has 0 saturated carbocycles. The Kier molecular flexibility index (Phi) is 8.31. The first kappa shape index (κ1) is 28.3. The summed E-state index contributed by atoms with van der Waals surface area (Å²) in [6.07, 6.45) is 2.89. The average molecular weight is 584 g/mol. The predicted molar refractivity (Wildman–Crippen MR) is 176 cm³/mol. The summed E-state index contributed by atoms with van der Waals surface area (Å²) < 4.78 is 6.09. The summed E-state index contributed by atoms with van der Waals surface area (Å²) in [7, 11) is -1.87. The molecular formula is C38H32O4P+. The number of carbonyl (C=O) groups is 2. The number of ketones is 2. The second kappa shape index (κ2) is 12.6. The van der Waals surface area contributed by atoms with Crippen LogP contribution in [0.2, 0.25) is 0 Å². The Bertz CT molecular complexity index is 1670. The molecule has 0 aromatic heterocycles. The van der Waals surface area contributed by atoms with E-state index in [4.69, 9.17) is 4.74 Å². The molecule has 0 radical (unpaired) electrons. The third kappa shape index (κ3) is 5.55. The van der Waals surface area contributed by atoms with Crippen LogP contribution in [0.15, 0.2) is 140 Å². The first-order chi connectivity index (χ1) is 21.1. The summed E-state index contributed by atoms with van der Waals surface area (Å²) in [6, 6.07) is 46.2. The van der Waals surface area contributed by atoms with Crippen LogP contribution >= 0.6 is 7.26 Å². The lowest BCUT2D eigenvalue weighted by atomic mass is 9.85. The van der Waals surface area contributed by atoms with Crippen LogP contribution in [0.25, 0.3) is 11.3 Å². The molecule has 4 nitrogen and oxygen atoms in total. The lowest BCUT2D eigenvalue weighted by Crippen LogP contribution is -2.33. The lowest BCUT2D eigenvalue weighted by molar-refractivity contribution is -0.110. The molecule has 43 heavy (non-hydrogen) atoms. The van der Waals surface area contributed by atoms with Crippen LogP contribution in [0.1, 0.15) is 34.3 Å². The number of fused-ring (bicyclic) bond motifs is 1. The van der Waals surface area contributed by atoms with Gasteiger partial charge in [-0.2, -0.15) is 0 Å². The molecule has 0 spiro atoms. The molecule has 0 bridgehead atoms. The summed E-state index contributed by atoms with van der Waals surface area (Å²) in [5, 5.41) is 14.9. The van der Waals surface area contributed by atoms with E-state index < -0.39 is 18.8 Å². The van der Waals surface area contributed by atoms with Gasteiger partial charge in [-0.05, 0) is 66.9 Å². The second-order valence-corrected chi connectivity index (χ2v) is 14.2. The highest BCUT2D eigenvalue weighted by Crippen LogP contribution is 2.55. The highest BCUT2D eigenvalue weighted by Gasteiger charge is 2.44. The normalized spacial score (nSPS) is 13.1. The van der Waals surface area contributed by atoms with E-state index in [0.717, 1.165) is 19.0 Å². The quantitative estimate of drug-likeness (QED) is 0.109. The Labute approximate surface area is 252 Å². The number of aliphatic hydroxyl groups excluding tert-OH is 1. The van der Waals surface area contributed by atoms with Gasteiger partial charge in [0.2, 0.25) is 11.6 Å². The van der Waals surface area contributed by atoms with Crippen LogP contribution in [0.4, 0.5) is 0 Å².